The van der Waals surface area contributed by atoms with Crippen LogP contribution in [-0.4, -0.2) is 19.7 Å². The molecule has 1 aliphatic heterocycles. The minimum atomic E-state index is -2.95. The third kappa shape index (κ3) is 2.21. The Labute approximate surface area is 107 Å². The SMILES string of the molecule is Cc1oc2c(c1CCC1(N)CC1)CCS(=O)(=O)C2. The van der Waals surface area contributed by atoms with Crippen LogP contribution in [0.1, 0.15) is 41.9 Å². The number of nitrogens with two attached hydrogens (primary N) is 1. The molecule has 1 aromatic rings. The van der Waals surface area contributed by atoms with Gasteiger partial charge in [0.1, 0.15) is 17.3 Å². The van der Waals surface area contributed by atoms with Crippen molar-refractivity contribution in [2.45, 2.75) is 50.3 Å². The van der Waals surface area contributed by atoms with Crippen LogP contribution in [0.4, 0.5) is 0 Å². The van der Waals surface area contributed by atoms with Crippen LogP contribution in [0.3, 0.4) is 0 Å². The Morgan fingerprint density at radius 3 is 2.78 bits per heavy atom. The van der Waals surface area contributed by atoms with E-state index in [-0.39, 0.29) is 17.0 Å². The summed E-state index contributed by atoms with van der Waals surface area (Å²) in [4.78, 5) is 0. The average Bonchev–Trinajstić information content (AvgIpc) is 2.91. The first kappa shape index (κ1) is 12.2. The maximum absolute atomic E-state index is 11.6. The van der Waals surface area contributed by atoms with Gasteiger partial charge in [0, 0.05) is 5.54 Å². The van der Waals surface area contributed by atoms with E-state index in [9.17, 15) is 8.42 Å². The molecule has 3 rings (SSSR count). The maximum atomic E-state index is 11.6. The lowest BCUT2D eigenvalue weighted by atomic mass is 9.98. The molecule has 100 valence electrons. The monoisotopic (exact) mass is 269 g/mol. The summed E-state index contributed by atoms with van der Waals surface area (Å²) in [5, 5.41) is 0. The van der Waals surface area contributed by atoms with Gasteiger partial charge in [-0.25, -0.2) is 8.42 Å². The summed E-state index contributed by atoms with van der Waals surface area (Å²) < 4.78 is 28.8. The van der Waals surface area contributed by atoms with Gasteiger partial charge < -0.3 is 10.2 Å². The van der Waals surface area contributed by atoms with Crippen molar-refractivity contribution in [1.29, 1.82) is 0 Å². The van der Waals surface area contributed by atoms with E-state index >= 15 is 0 Å². The molecule has 1 aliphatic carbocycles. The van der Waals surface area contributed by atoms with E-state index in [2.05, 4.69) is 0 Å². The molecule has 4 nitrogen and oxygen atoms in total. The van der Waals surface area contributed by atoms with Crippen LogP contribution in [0.15, 0.2) is 4.42 Å². The van der Waals surface area contributed by atoms with Crippen molar-refractivity contribution in [3.05, 3.63) is 22.6 Å². The fraction of sp³-hybridized carbons (Fsp3) is 0.692. The van der Waals surface area contributed by atoms with E-state index in [0.717, 1.165) is 37.0 Å². The number of fused-ring (bicyclic) bond motifs is 1. The van der Waals surface area contributed by atoms with E-state index in [0.29, 0.717) is 12.2 Å². The second-order valence-corrected chi connectivity index (χ2v) is 7.93. The second-order valence-electron chi connectivity index (χ2n) is 5.74. The Kier molecular flexibility index (Phi) is 2.61. The number of aryl methyl sites for hydroxylation is 1. The number of rotatable bonds is 3. The lowest BCUT2D eigenvalue weighted by molar-refractivity contribution is 0.485. The summed E-state index contributed by atoms with van der Waals surface area (Å²) >= 11 is 0. The Bertz CT molecular complexity index is 582. The molecule has 2 aliphatic rings. The third-order valence-corrected chi connectivity index (χ3v) is 5.71. The van der Waals surface area contributed by atoms with Crippen molar-refractivity contribution in [3.63, 3.8) is 0 Å². The lowest BCUT2D eigenvalue weighted by Crippen LogP contribution is -2.23. The van der Waals surface area contributed by atoms with Crippen LogP contribution in [0.25, 0.3) is 0 Å². The number of furan rings is 1. The van der Waals surface area contributed by atoms with Crippen molar-refractivity contribution in [1.82, 2.24) is 0 Å². The number of hydrogen-bond donors (Lipinski definition) is 1. The van der Waals surface area contributed by atoms with Crippen LogP contribution < -0.4 is 5.73 Å². The zero-order chi connectivity index (χ0) is 13.0. The molecular formula is C13H19NO3S. The average molecular weight is 269 g/mol. The normalized spacial score (nSPS) is 23.7. The van der Waals surface area contributed by atoms with Gasteiger partial charge in [0.05, 0.1) is 5.75 Å². The molecule has 0 amide bonds. The Balaban J connectivity index is 1.85. The standard InChI is InChI=1S/C13H19NO3S/c1-9-10(2-4-13(14)5-6-13)11-3-7-18(15,16)8-12(11)17-9/h2-8,14H2,1H3. The van der Waals surface area contributed by atoms with Crippen LogP contribution in [0, 0.1) is 6.92 Å². The summed E-state index contributed by atoms with van der Waals surface area (Å²) in [7, 11) is -2.95. The van der Waals surface area contributed by atoms with Crippen LogP contribution in [-0.2, 0) is 28.4 Å². The molecule has 0 aromatic carbocycles. The van der Waals surface area contributed by atoms with Crippen molar-refractivity contribution in [3.8, 4) is 0 Å². The summed E-state index contributed by atoms with van der Waals surface area (Å²) in [5.41, 5.74) is 8.48. The van der Waals surface area contributed by atoms with Gasteiger partial charge in [0.15, 0.2) is 9.84 Å². The molecule has 1 fully saturated rings. The predicted octanol–water partition coefficient (Wildman–Crippen LogP) is 1.48. The molecule has 0 atom stereocenters. The molecule has 0 spiro atoms. The zero-order valence-corrected chi connectivity index (χ0v) is 11.5. The molecule has 0 saturated heterocycles. The van der Waals surface area contributed by atoms with Crippen molar-refractivity contribution < 1.29 is 12.8 Å². The zero-order valence-electron chi connectivity index (χ0n) is 10.7. The topological polar surface area (TPSA) is 73.3 Å². The molecule has 2 heterocycles. The third-order valence-electron chi connectivity index (χ3n) is 4.18. The number of sulfone groups is 1. The summed E-state index contributed by atoms with van der Waals surface area (Å²) in [5.74, 6) is 1.86. The Morgan fingerprint density at radius 1 is 1.39 bits per heavy atom. The summed E-state index contributed by atoms with van der Waals surface area (Å²) in [6.45, 7) is 1.93. The van der Waals surface area contributed by atoms with Gasteiger partial charge in [-0.3, -0.25) is 0 Å². The Hall–Kier alpha value is -0.810. The summed E-state index contributed by atoms with van der Waals surface area (Å²) in [6.07, 6.45) is 4.72. The molecule has 1 aromatic heterocycles. The van der Waals surface area contributed by atoms with Crippen molar-refractivity contribution in [2.75, 3.05) is 5.75 Å². The second kappa shape index (κ2) is 3.84. The molecular weight excluding hydrogens is 250 g/mol. The minimum absolute atomic E-state index is 0.0390. The highest BCUT2D eigenvalue weighted by molar-refractivity contribution is 7.90. The van der Waals surface area contributed by atoms with E-state index < -0.39 is 9.84 Å². The minimum Gasteiger partial charge on any atom is -0.465 e. The molecule has 5 heteroatoms. The smallest absolute Gasteiger partial charge is 0.157 e. The van der Waals surface area contributed by atoms with Gasteiger partial charge in [0.25, 0.3) is 0 Å². The first-order valence-electron chi connectivity index (χ1n) is 6.48. The molecule has 0 radical (unpaired) electrons. The van der Waals surface area contributed by atoms with Crippen LogP contribution in [0.5, 0.6) is 0 Å². The van der Waals surface area contributed by atoms with E-state index in [4.69, 9.17) is 10.2 Å². The first-order chi connectivity index (χ1) is 8.39. The lowest BCUT2D eigenvalue weighted by Gasteiger charge is -2.13. The van der Waals surface area contributed by atoms with Gasteiger partial charge >= 0.3 is 0 Å². The highest BCUT2D eigenvalue weighted by Gasteiger charge is 2.38. The van der Waals surface area contributed by atoms with E-state index in [1.165, 1.54) is 5.56 Å². The first-order valence-corrected chi connectivity index (χ1v) is 8.30. The van der Waals surface area contributed by atoms with Gasteiger partial charge in [-0.1, -0.05) is 0 Å². The highest BCUT2D eigenvalue weighted by atomic mass is 32.2. The predicted molar refractivity (Wildman–Crippen MR) is 69.1 cm³/mol. The van der Waals surface area contributed by atoms with Gasteiger partial charge in [0.2, 0.25) is 0 Å². The van der Waals surface area contributed by atoms with Crippen LogP contribution >= 0.6 is 0 Å². The Morgan fingerprint density at radius 2 is 2.11 bits per heavy atom. The molecule has 1 saturated carbocycles. The van der Waals surface area contributed by atoms with Gasteiger partial charge in [-0.05, 0) is 50.2 Å². The molecule has 2 N–H and O–H groups in total. The largest absolute Gasteiger partial charge is 0.465 e. The maximum Gasteiger partial charge on any atom is 0.157 e. The van der Waals surface area contributed by atoms with Crippen molar-refractivity contribution in [2.24, 2.45) is 5.73 Å². The van der Waals surface area contributed by atoms with Gasteiger partial charge in [-0.2, -0.15) is 0 Å². The van der Waals surface area contributed by atoms with Gasteiger partial charge in [-0.15, -0.1) is 0 Å². The van der Waals surface area contributed by atoms with Crippen molar-refractivity contribution >= 4 is 9.84 Å². The molecule has 0 bridgehead atoms. The molecule has 18 heavy (non-hydrogen) atoms. The summed E-state index contributed by atoms with van der Waals surface area (Å²) in [6, 6.07) is 0. The van der Waals surface area contributed by atoms with E-state index in [1.807, 2.05) is 6.92 Å². The highest BCUT2D eigenvalue weighted by Crippen LogP contribution is 2.38. The van der Waals surface area contributed by atoms with E-state index in [1.54, 1.807) is 0 Å². The molecule has 0 unspecified atom stereocenters. The fourth-order valence-corrected chi connectivity index (χ4v) is 4.03. The number of hydrogen-bond acceptors (Lipinski definition) is 4. The quantitative estimate of drug-likeness (QED) is 0.902. The van der Waals surface area contributed by atoms with Crippen LogP contribution in [0.2, 0.25) is 0 Å². The fourth-order valence-electron chi connectivity index (χ4n) is 2.74.